The van der Waals surface area contributed by atoms with E-state index in [9.17, 15) is 4.79 Å². The summed E-state index contributed by atoms with van der Waals surface area (Å²) >= 11 is 0. The zero-order valence-electron chi connectivity index (χ0n) is 17.2. The number of carbonyl (C=O) groups is 1. The highest BCUT2D eigenvalue weighted by atomic mass is 16.7. The summed E-state index contributed by atoms with van der Waals surface area (Å²) in [6, 6.07) is 20.9. The number of aryl methyl sites for hydroxylation is 1. The molecule has 3 aromatic carbocycles. The summed E-state index contributed by atoms with van der Waals surface area (Å²) < 4.78 is 12.6. The van der Waals surface area contributed by atoms with Crippen molar-refractivity contribution in [3.63, 3.8) is 0 Å². The summed E-state index contributed by atoms with van der Waals surface area (Å²) in [7, 11) is 1.67. The van der Waals surface area contributed by atoms with Gasteiger partial charge in [-0.15, -0.1) is 0 Å². The SMILES string of the molecule is Cc1cc2c(c(C=NNc3ccccc3)c1)O[C@@]1(C=C2)Oc2ccccc2C(=O)N1C. The Morgan fingerprint density at radius 3 is 2.65 bits per heavy atom. The van der Waals surface area contributed by atoms with Crippen LogP contribution in [0.4, 0.5) is 5.69 Å². The molecule has 0 aromatic heterocycles. The minimum Gasteiger partial charge on any atom is -0.431 e. The summed E-state index contributed by atoms with van der Waals surface area (Å²) in [6.45, 7) is 2.02. The fourth-order valence-corrected chi connectivity index (χ4v) is 3.75. The molecule has 3 aromatic rings. The Labute approximate surface area is 180 Å². The number of anilines is 1. The average Bonchev–Trinajstić information content (AvgIpc) is 2.79. The van der Waals surface area contributed by atoms with Crippen LogP contribution in [-0.4, -0.2) is 30.0 Å². The molecule has 154 valence electrons. The fourth-order valence-electron chi connectivity index (χ4n) is 3.75. The largest absolute Gasteiger partial charge is 0.431 e. The normalized spacial score (nSPS) is 19.0. The maximum Gasteiger partial charge on any atom is 0.362 e. The van der Waals surface area contributed by atoms with Crippen molar-refractivity contribution < 1.29 is 14.3 Å². The molecule has 0 fully saturated rings. The van der Waals surface area contributed by atoms with Gasteiger partial charge in [-0.25, -0.2) is 0 Å². The van der Waals surface area contributed by atoms with Crippen LogP contribution < -0.4 is 14.9 Å². The molecule has 6 heteroatoms. The van der Waals surface area contributed by atoms with Gasteiger partial charge in [0.05, 0.1) is 17.5 Å². The van der Waals surface area contributed by atoms with Crippen molar-refractivity contribution in [1.29, 1.82) is 0 Å². The van der Waals surface area contributed by atoms with E-state index in [4.69, 9.17) is 9.47 Å². The second kappa shape index (κ2) is 7.32. The van der Waals surface area contributed by atoms with Crippen LogP contribution in [0.1, 0.15) is 27.0 Å². The van der Waals surface area contributed by atoms with E-state index in [0.717, 1.165) is 22.4 Å². The van der Waals surface area contributed by atoms with Crippen molar-refractivity contribution in [3.05, 3.63) is 95.1 Å². The van der Waals surface area contributed by atoms with E-state index in [1.165, 1.54) is 4.90 Å². The minimum absolute atomic E-state index is 0.164. The predicted octanol–water partition coefficient (Wildman–Crippen LogP) is 4.67. The lowest BCUT2D eigenvalue weighted by atomic mass is 10.0. The first-order valence-corrected chi connectivity index (χ1v) is 9.99. The first-order chi connectivity index (χ1) is 15.1. The molecule has 2 aliphatic heterocycles. The number of amides is 1. The molecule has 1 amide bonds. The van der Waals surface area contributed by atoms with E-state index in [-0.39, 0.29) is 5.91 Å². The van der Waals surface area contributed by atoms with Gasteiger partial charge in [-0.2, -0.15) is 5.10 Å². The maximum absolute atomic E-state index is 13.0. The number of carbonyl (C=O) groups excluding carboxylic acids is 1. The predicted molar refractivity (Wildman–Crippen MR) is 120 cm³/mol. The van der Waals surface area contributed by atoms with Gasteiger partial charge >= 0.3 is 5.91 Å². The van der Waals surface area contributed by atoms with E-state index in [0.29, 0.717) is 17.1 Å². The van der Waals surface area contributed by atoms with Crippen molar-refractivity contribution in [1.82, 2.24) is 4.90 Å². The topological polar surface area (TPSA) is 63.2 Å². The van der Waals surface area contributed by atoms with Crippen molar-refractivity contribution >= 4 is 23.9 Å². The lowest BCUT2D eigenvalue weighted by molar-refractivity contribution is -0.166. The molecule has 5 rings (SSSR count). The zero-order valence-corrected chi connectivity index (χ0v) is 17.2. The summed E-state index contributed by atoms with van der Waals surface area (Å²) in [5.41, 5.74) is 7.17. The Balaban J connectivity index is 1.50. The Morgan fingerprint density at radius 1 is 1.03 bits per heavy atom. The number of hydrogen-bond acceptors (Lipinski definition) is 5. The third kappa shape index (κ3) is 3.32. The molecule has 0 unspecified atom stereocenters. The van der Waals surface area contributed by atoms with Crippen molar-refractivity contribution in [2.24, 2.45) is 5.10 Å². The second-order valence-corrected chi connectivity index (χ2v) is 7.54. The number of nitrogens with one attached hydrogen (secondary N) is 1. The van der Waals surface area contributed by atoms with Crippen LogP contribution in [0.3, 0.4) is 0 Å². The van der Waals surface area contributed by atoms with Gasteiger partial charge in [0.2, 0.25) is 0 Å². The molecule has 0 aliphatic carbocycles. The third-order valence-electron chi connectivity index (χ3n) is 5.33. The Bertz CT molecular complexity index is 1220. The molecule has 0 bridgehead atoms. The molecule has 6 nitrogen and oxygen atoms in total. The van der Waals surface area contributed by atoms with E-state index < -0.39 is 5.91 Å². The molecule has 0 radical (unpaired) electrons. The van der Waals surface area contributed by atoms with Gasteiger partial charge in [0.25, 0.3) is 5.91 Å². The second-order valence-electron chi connectivity index (χ2n) is 7.54. The molecule has 0 saturated heterocycles. The minimum atomic E-state index is -1.36. The highest BCUT2D eigenvalue weighted by Crippen LogP contribution is 2.41. The number of likely N-dealkylation sites (N-methyl/N-ethyl adjacent to an activating group) is 1. The number of fused-ring (bicyclic) bond motifs is 2. The quantitative estimate of drug-likeness (QED) is 0.503. The molecule has 2 aliphatic rings. The van der Waals surface area contributed by atoms with Gasteiger partial charge in [0.15, 0.2) is 0 Å². The van der Waals surface area contributed by atoms with E-state index >= 15 is 0 Å². The lowest BCUT2D eigenvalue weighted by Crippen LogP contribution is -2.60. The Kier molecular flexibility index (Phi) is 4.47. The van der Waals surface area contributed by atoms with Gasteiger partial charge in [-0.05, 0) is 55.0 Å². The molecular weight excluding hydrogens is 390 g/mol. The Morgan fingerprint density at radius 2 is 1.81 bits per heavy atom. The van der Waals surface area contributed by atoms with Crippen LogP contribution in [0.2, 0.25) is 0 Å². The van der Waals surface area contributed by atoms with Crippen LogP contribution in [0.5, 0.6) is 11.5 Å². The van der Waals surface area contributed by atoms with Gasteiger partial charge in [-0.1, -0.05) is 30.3 Å². The lowest BCUT2D eigenvalue weighted by Gasteiger charge is -2.44. The summed E-state index contributed by atoms with van der Waals surface area (Å²) in [5.74, 6) is -0.427. The van der Waals surface area contributed by atoms with Gasteiger partial charge in [0, 0.05) is 24.3 Å². The van der Waals surface area contributed by atoms with Crippen LogP contribution in [0.15, 0.2) is 77.9 Å². The van der Waals surface area contributed by atoms with E-state index in [2.05, 4.69) is 10.5 Å². The molecule has 1 spiro atoms. The van der Waals surface area contributed by atoms with Crippen molar-refractivity contribution in [2.75, 3.05) is 12.5 Å². The van der Waals surface area contributed by atoms with E-state index in [1.54, 1.807) is 31.5 Å². The first kappa shape index (κ1) is 18.9. The summed E-state index contributed by atoms with van der Waals surface area (Å²) in [4.78, 5) is 14.4. The molecule has 2 heterocycles. The smallest absolute Gasteiger partial charge is 0.362 e. The van der Waals surface area contributed by atoms with Crippen molar-refractivity contribution in [2.45, 2.75) is 12.8 Å². The number of rotatable bonds is 3. The number of hydrogen-bond donors (Lipinski definition) is 1. The zero-order chi connectivity index (χ0) is 21.4. The monoisotopic (exact) mass is 411 g/mol. The van der Waals surface area contributed by atoms with Crippen molar-refractivity contribution in [3.8, 4) is 11.5 Å². The van der Waals surface area contributed by atoms with Crippen LogP contribution >= 0.6 is 0 Å². The Hall–Kier alpha value is -4.06. The fraction of sp³-hybridized carbons (Fsp3) is 0.120. The third-order valence-corrected chi connectivity index (χ3v) is 5.33. The highest BCUT2D eigenvalue weighted by molar-refractivity contribution is 5.98. The molecule has 1 atom stereocenters. The average molecular weight is 411 g/mol. The van der Waals surface area contributed by atoms with Crippen LogP contribution in [-0.2, 0) is 0 Å². The van der Waals surface area contributed by atoms with Gasteiger partial charge in [-0.3, -0.25) is 15.1 Å². The molecule has 31 heavy (non-hydrogen) atoms. The van der Waals surface area contributed by atoms with Gasteiger partial charge < -0.3 is 9.47 Å². The summed E-state index contributed by atoms with van der Waals surface area (Å²) in [6.07, 6.45) is 5.40. The first-order valence-electron chi connectivity index (χ1n) is 9.99. The number of para-hydroxylation sites is 2. The number of ether oxygens (including phenoxy) is 2. The summed E-state index contributed by atoms with van der Waals surface area (Å²) in [5, 5.41) is 4.36. The molecule has 0 saturated carbocycles. The van der Waals surface area contributed by atoms with Gasteiger partial charge in [0.1, 0.15) is 11.5 Å². The number of hydrazone groups is 1. The standard InChI is InChI=1S/C25H21N3O3/c1-17-14-18-12-13-25(28(2)24(29)21-10-6-7-11-22(21)30-25)31-23(18)19(15-17)16-26-27-20-8-4-3-5-9-20/h3-16,27H,1-2H3/t25-/m1/s1. The molecule has 1 N–H and O–H groups in total. The number of benzene rings is 3. The van der Waals surface area contributed by atoms with E-state index in [1.807, 2.05) is 67.6 Å². The maximum atomic E-state index is 13.0. The molecular formula is C25H21N3O3. The van der Waals surface area contributed by atoms with Crippen LogP contribution in [0.25, 0.3) is 6.08 Å². The van der Waals surface area contributed by atoms with Crippen LogP contribution in [0, 0.1) is 6.92 Å². The highest BCUT2D eigenvalue weighted by Gasteiger charge is 2.47. The number of nitrogens with zero attached hydrogens (tertiary/aromatic N) is 2.